The number of nitrogens with one attached hydrogen (secondary N) is 1. The van der Waals surface area contributed by atoms with Crippen LogP contribution in [0.15, 0.2) is 20.8 Å². The van der Waals surface area contributed by atoms with Crippen molar-refractivity contribution in [3.05, 3.63) is 37.6 Å². The molecular weight excluding hydrogens is 352 g/mol. The summed E-state index contributed by atoms with van der Waals surface area (Å²) in [5.41, 5.74) is -0.987. The van der Waals surface area contributed by atoms with Gasteiger partial charge in [-0.1, -0.05) is 15.9 Å². The van der Waals surface area contributed by atoms with Crippen molar-refractivity contribution in [3.8, 4) is 0 Å². The smallest absolute Gasteiger partial charge is 0.329 e. The van der Waals surface area contributed by atoms with Gasteiger partial charge >= 0.3 is 5.69 Å². The Labute approximate surface area is 126 Å². The van der Waals surface area contributed by atoms with Gasteiger partial charge in [-0.2, -0.15) is 0 Å². The van der Waals surface area contributed by atoms with Gasteiger partial charge in [-0.15, -0.1) is 11.8 Å². The van der Waals surface area contributed by atoms with E-state index in [0.29, 0.717) is 0 Å². The number of aliphatic hydroxyl groups excluding tert-OH is 3. The summed E-state index contributed by atoms with van der Waals surface area (Å²) < 4.78 is 1.15. The molecule has 0 aromatic carbocycles. The Morgan fingerprint density at radius 3 is 2.65 bits per heavy atom. The minimum absolute atomic E-state index is 0.233. The Balaban J connectivity index is 2.46. The van der Waals surface area contributed by atoms with Crippen molar-refractivity contribution in [1.82, 2.24) is 9.55 Å². The molecule has 0 amide bonds. The summed E-state index contributed by atoms with van der Waals surface area (Å²) in [6, 6.07) is 0. The number of aromatic nitrogens is 2. The Morgan fingerprint density at radius 2 is 2.10 bits per heavy atom. The molecule has 0 aliphatic carbocycles. The summed E-state index contributed by atoms with van der Waals surface area (Å²) in [5.74, 6) is 0. The highest BCUT2D eigenvalue weighted by Gasteiger charge is 2.43. The summed E-state index contributed by atoms with van der Waals surface area (Å²) in [7, 11) is 0. The van der Waals surface area contributed by atoms with Crippen molar-refractivity contribution in [3.63, 3.8) is 0 Å². The fourth-order valence-electron chi connectivity index (χ4n) is 1.99. The maximum atomic E-state index is 11.8. The number of thioether (sulfide) groups is 1. The zero-order valence-corrected chi connectivity index (χ0v) is 12.5. The normalized spacial score (nSPS) is 30.2. The van der Waals surface area contributed by atoms with E-state index in [9.17, 15) is 19.8 Å². The number of aliphatic hydroxyl groups is 3. The first-order chi connectivity index (χ1) is 9.49. The molecular formula is C11H13BrN2O5S. The fraction of sp³-hybridized carbons (Fsp3) is 0.455. The number of halogens is 1. The number of nitrogens with zero attached hydrogens (tertiary/aromatic N) is 1. The largest absolute Gasteiger partial charge is 0.395 e. The number of H-pyrrole nitrogens is 1. The van der Waals surface area contributed by atoms with E-state index in [0.717, 1.165) is 16.3 Å². The molecule has 9 heteroatoms. The summed E-state index contributed by atoms with van der Waals surface area (Å²) in [6.07, 6.45) is 0.429. The van der Waals surface area contributed by atoms with E-state index in [4.69, 9.17) is 5.11 Å². The second-order valence-electron chi connectivity index (χ2n) is 4.27. The molecule has 4 N–H and O–H groups in total. The highest BCUT2D eigenvalue weighted by Crippen LogP contribution is 2.40. The van der Waals surface area contributed by atoms with E-state index in [2.05, 4.69) is 20.9 Å². The zero-order valence-electron chi connectivity index (χ0n) is 10.1. The highest BCUT2D eigenvalue weighted by atomic mass is 79.9. The molecule has 7 nitrogen and oxygen atoms in total. The molecule has 1 aromatic heterocycles. The molecule has 0 bridgehead atoms. The van der Waals surface area contributed by atoms with Gasteiger partial charge in [-0.3, -0.25) is 14.3 Å². The van der Waals surface area contributed by atoms with Crippen LogP contribution < -0.4 is 11.2 Å². The fourth-order valence-corrected chi connectivity index (χ4v) is 3.65. The monoisotopic (exact) mass is 364 g/mol. The van der Waals surface area contributed by atoms with Gasteiger partial charge in [0, 0.05) is 6.20 Å². The van der Waals surface area contributed by atoms with E-state index in [1.807, 2.05) is 0 Å². The first kappa shape index (κ1) is 15.5. The Kier molecular flexibility index (Phi) is 4.86. The number of hydrogen-bond acceptors (Lipinski definition) is 6. The SMILES string of the molecule is O=c1[nH]c(=O)n([C@@H]2S[C@H](CO)[C@@H](O)[C@@H]2O)cc1C=CBr. The maximum absolute atomic E-state index is 11.8. The molecule has 110 valence electrons. The van der Waals surface area contributed by atoms with Gasteiger partial charge in [0.15, 0.2) is 0 Å². The second-order valence-corrected chi connectivity index (χ2v) is 6.16. The maximum Gasteiger partial charge on any atom is 0.329 e. The molecule has 1 saturated heterocycles. The van der Waals surface area contributed by atoms with Gasteiger partial charge in [0.1, 0.15) is 11.5 Å². The van der Waals surface area contributed by atoms with Crippen molar-refractivity contribution < 1.29 is 15.3 Å². The minimum atomic E-state index is -1.21. The van der Waals surface area contributed by atoms with E-state index in [-0.39, 0.29) is 12.2 Å². The van der Waals surface area contributed by atoms with E-state index in [1.54, 1.807) is 0 Å². The van der Waals surface area contributed by atoms with Crippen molar-refractivity contribution in [2.24, 2.45) is 0 Å². The lowest BCUT2D eigenvalue weighted by atomic mass is 10.1. The predicted molar refractivity (Wildman–Crippen MR) is 78.8 cm³/mol. The van der Waals surface area contributed by atoms with Crippen molar-refractivity contribution in [2.45, 2.75) is 22.8 Å². The zero-order chi connectivity index (χ0) is 14.9. The second kappa shape index (κ2) is 6.27. The quantitative estimate of drug-likeness (QED) is 0.559. The molecule has 1 aromatic rings. The molecule has 0 spiro atoms. The number of rotatable bonds is 3. The Hall–Kier alpha value is -0.870. The van der Waals surface area contributed by atoms with Crippen LogP contribution in [-0.2, 0) is 0 Å². The van der Waals surface area contributed by atoms with Crippen LogP contribution in [0.5, 0.6) is 0 Å². The molecule has 2 heterocycles. The summed E-state index contributed by atoms with van der Waals surface area (Å²) in [5, 5.41) is 27.5. The average Bonchev–Trinajstić information content (AvgIpc) is 2.70. The average molecular weight is 365 g/mol. The van der Waals surface area contributed by atoms with Crippen molar-refractivity contribution in [1.29, 1.82) is 0 Å². The highest BCUT2D eigenvalue weighted by molar-refractivity contribution is 9.11. The molecule has 2 rings (SSSR count). The third kappa shape index (κ3) is 2.77. The standard InChI is InChI=1S/C11H13BrN2O5S/c12-2-1-5-3-14(11(19)13-9(5)18)10-8(17)7(16)6(4-15)20-10/h1-3,6-8,10,15-17H,4H2,(H,13,18,19)/t6-,7-,8+,10-/m1/s1. The number of aromatic amines is 1. The molecule has 0 saturated carbocycles. The van der Waals surface area contributed by atoms with Gasteiger partial charge in [0.2, 0.25) is 0 Å². The van der Waals surface area contributed by atoms with Crippen molar-refractivity contribution in [2.75, 3.05) is 6.61 Å². The van der Waals surface area contributed by atoms with Gasteiger partial charge < -0.3 is 15.3 Å². The molecule has 0 unspecified atom stereocenters. The first-order valence-corrected chi connectivity index (χ1v) is 7.60. The molecule has 0 radical (unpaired) electrons. The van der Waals surface area contributed by atoms with Crippen LogP contribution in [-0.4, -0.2) is 48.9 Å². The molecule has 20 heavy (non-hydrogen) atoms. The Morgan fingerprint density at radius 1 is 1.40 bits per heavy atom. The van der Waals surface area contributed by atoms with E-state index < -0.39 is 34.1 Å². The van der Waals surface area contributed by atoms with Crippen LogP contribution in [0.3, 0.4) is 0 Å². The van der Waals surface area contributed by atoms with Crippen LogP contribution in [0.2, 0.25) is 0 Å². The van der Waals surface area contributed by atoms with E-state index in [1.165, 1.54) is 17.3 Å². The third-order valence-corrected chi connectivity index (χ3v) is 4.86. The van der Waals surface area contributed by atoms with Crippen molar-refractivity contribution >= 4 is 33.8 Å². The van der Waals surface area contributed by atoms with Gasteiger partial charge in [0.05, 0.1) is 23.5 Å². The number of hydrogen-bond donors (Lipinski definition) is 4. The van der Waals surface area contributed by atoms with Crippen LogP contribution in [0, 0.1) is 0 Å². The Bertz CT molecular complexity index is 628. The van der Waals surface area contributed by atoms with Gasteiger partial charge in [-0.25, -0.2) is 4.79 Å². The summed E-state index contributed by atoms with van der Waals surface area (Å²) in [6.45, 7) is -0.314. The summed E-state index contributed by atoms with van der Waals surface area (Å²) >= 11 is 4.12. The lowest BCUT2D eigenvalue weighted by Crippen LogP contribution is -2.38. The molecule has 4 atom stereocenters. The van der Waals surface area contributed by atoms with Crippen LogP contribution in [0.25, 0.3) is 6.08 Å². The van der Waals surface area contributed by atoms with Gasteiger partial charge in [-0.05, 0) is 11.1 Å². The third-order valence-electron chi connectivity index (χ3n) is 3.03. The molecule has 1 aliphatic heterocycles. The lowest BCUT2D eigenvalue weighted by Gasteiger charge is -2.17. The molecule has 1 fully saturated rings. The minimum Gasteiger partial charge on any atom is -0.395 e. The summed E-state index contributed by atoms with van der Waals surface area (Å²) in [4.78, 5) is 27.0. The topological polar surface area (TPSA) is 116 Å². The van der Waals surface area contributed by atoms with Crippen LogP contribution in [0.4, 0.5) is 0 Å². The lowest BCUT2D eigenvalue weighted by molar-refractivity contribution is 0.0101. The first-order valence-electron chi connectivity index (χ1n) is 5.74. The van der Waals surface area contributed by atoms with Crippen LogP contribution >= 0.6 is 27.7 Å². The van der Waals surface area contributed by atoms with Gasteiger partial charge in [0.25, 0.3) is 5.56 Å². The molecule has 1 aliphatic rings. The van der Waals surface area contributed by atoms with E-state index >= 15 is 0 Å². The predicted octanol–water partition coefficient (Wildman–Crippen LogP) is -0.770. The van der Waals surface area contributed by atoms with Crippen LogP contribution in [0.1, 0.15) is 10.9 Å².